The largest absolute Gasteiger partial charge is 0.490 e. The second kappa shape index (κ2) is 17.5. The van der Waals surface area contributed by atoms with E-state index < -0.39 is 23.8 Å². The molecule has 49 heavy (non-hydrogen) atoms. The van der Waals surface area contributed by atoms with Crippen LogP contribution in [0.2, 0.25) is 0 Å². The number of nitrogens with one attached hydrogen (secondary N) is 2. The molecule has 0 saturated heterocycles. The van der Waals surface area contributed by atoms with Crippen molar-refractivity contribution in [1.82, 2.24) is 9.80 Å². The number of halogens is 3. The van der Waals surface area contributed by atoms with Crippen LogP contribution >= 0.6 is 0 Å². The van der Waals surface area contributed by atoms with Gasteiger partial charge in [0, 0.05) is 43.5 Å². The van der Waals surface area contributed by atoms with Crippen molar-refractivity contribution in [3.05, 3.63) is 89.5 Å². The standard InChI is InChI=1S/C37H47F3N4O5/c1-25-21-44(26(2)24-45)35(46)32-20-31(42-36(47)41-30-15-13-29(14-16-30)37(38,39)40)17-18-33(32)49-27(3)10-8-9-19-48-34(25)23-43(4)22-28-11-6-5-7-12-28/h5-7,11-18,20,25-27,34,45H,8-10,19,21-24H2,1-4H3,(H2,41,42,47)/t25-,26+,27-,34-/m0/s1. The number of anilines is 2. The molecule has 1 aliphatic rings. The number of aliphatic hydroxyl groups is 1. The number of hydrogen-bond donors (Lipinski definition) is 3. The van der Waals surface area contributed by atoms with Crippen molar-refractivity contribution in [1.29, 1.82) is 0 Å². The Kier molecular flexibility index (Phi) is 13.5. The molecule has 3 N–H and O–H groups in total. The number of carbonyl (C=O) groups excluding carboxylic acids is 2. The van der Waals surface area contributed by atoms with E-state index in [0.29, 0.717) is 25.4 Å². The van der Waals surface area contributed by atoms with Gasteiger partial charge in [0.2, 0.25) is 0 Å². The molecule has 0 aromatic heterocycles. The Labute approximate surface area is 286 Å². The fourth-order valence-corrected chi connectivity index (χ4v) is 5.77. The van der Waals surface area contributed by atoms with Crippen molar-refractivity contribution >= 4 is 23.3 Å². The van der Waals surface area contributed by atoms with Crippen LogP contribution in [-0.2, 0) is 17.5 Å². The predicted molar refractivity (Wildman–Crippen MR) is 184 cm³/mol. The molecule has 4 atom stereocenters. The predicted octanol–water partition coefficient (Wildman–Crippen LogP) is 7.28. The van der Waals surface area contributed by atoms with Gasteiger partial charge in [0.1, 0.15) is 5.75 Å². The van der Waals surface area contributed by atoms with E-state index in [4.69, 9.17) is 9.47 Å². The third-order valence-corrected chi connectivity index (χ3v) is 8.57. The van der Waals surface area contributed by atoms with Crippen LogP contribution in [0, 0.1) is 5.92 Å². The van der Waals surface area contributed by atoms with Gasteiger partial charge in [-0.05, 0) is 88.2 Å². The zero-order chi connectivity index (χ0) is 35.6. The van der Waals surface area contributed by atoms with Crippen molar-refractivity contribution in [3.63, 3.8) is 0 Å². The Morgan fingerprint density at radius 3 is 2.37 bits per heavy atom. The molecule has 0 unspecified atom stereocenters. The Balaban J connectivity index is 1.57. The summed E-state index contributed by atoms with van der Waals surface area (Å²) in [6.45, 7) is 7.74. The second-order valence-electron chi connectivity index (χ2n) is 12.8. The molecule has 12 heteroatoms. The van der Waals surface area contributed by atoms with Crippen LogP contribution < -0.4 is 15.4 Å². The SMILES string of the molecule is C[C@H](CO)N1C[C@H](C)[C@H](CN(C)Cc2ccccc2)OCCCC[C@H](C)Oc2ccc(NC(=O)Nc3ccc(C(F)(F)F)cc3)cc2C1=O. The summed E-state index contributed by atoms with van der Waals surface area (Å²) in [7, 11) is 2.05. The molecule has 0 fully saturated rings. The molecule has 0 saturated carbocycles. The van der Waals surface area contributed by atoms with Gasteiger partial charge >= 0.3 is 12.2 Å². The maximum Gasteiger partial charge on any atom is 0.416 e. The van der Waals surface area contributed by atoms with Crippen molar-refractivity contribution < 1.29 is 37.3 Å². The molecule has 266 valence electrons. The lowest BCUT2D eigenvalue weighted by atomic mass is 10.0. The highest BCUT2D eigenvalue weighted by Crippen LogP contribution is 2.31. The number of fused-ring (bicyclic) bond motifs is 1. The highest BCUT2D eigenvalue weighted by atomic mass is 19.4. The van der Waals surface area contributed by atoms with Gasteiger partial charge in [-0.2, -0.15) is 13.2 Å². The molecular formula is C37H47F3N4O5. The molecule has 1 aliphatic heterocycles. The number of urea groups is 1. The number of ether oxygens (including phenoxy) is 2. The third-order valence-electron chi connectivity index (χ3n) is 8.57. The molecule has 0 bridgehead atoms. The fourth-order valence-electron chi connectivity index (χ4n) is 5.77. The Morgan fingerprint density at radius 2 is 1.69 bits per heavy atom. The van der Waals surface area contributed by atoms with Crippen LogP contribution in [0.4, 0.5) is 29.3 Å². The molecule has 1 heterocycles. The van der Waals surface area contributed by atoms with E-state index in [-0.39, 0.29) is 47.6 Å². The molecule has 4 rings (SSSR count). The summed E-state index contributed by atoms with van der Waals surface area (Å²) in [6, 6.07) is 17.8. The molecule has 3 amide bonds. The smallest absolute Gasteiger partial charge is 0.416 e. The van der Waals surface area contributed by atoms with E-state index in [9.17, 15) is 27.9 Å². The van der Waals surface area contributed by atoms with E-state index in [1.165, 1.54) is 11.6 Å². The quantitative estimate of drug-likeness (QED) is 0.231. The maximum atomic E-state index is 14.3. The molecule has 3 aromatic carbocycles. The maximum absolute atomic E-state index is 14.3. The van der Waals surface area contributed by atoms with Crippen LogP contribution in [0.15, 0.2) is 72.8 Å². The first kappa shape index (κ1) is 37.7. The van der Waals surface area contributed by atoms with E-state index in [1.54, 1.807) is 24.0 Å². The van der Waals surface area contributed by atoms with Crippen molar-refractivity contribution in [2.75, 3.05) is 44.0 Å². The van der Waals surface area contributed by atoms with Crippen molar-refractivity contribution in [2.24, 2.45) is 5.92 Å². The summed E-state index contributed by atoms with van der Waals surface area (Å²) in [4.78, 5) is 31.0. The number of amides is 3. The summed E-state index contributed by atoms with van der Waals surface area (Å²) in [5, 5.41) is 15.4. The minimum absolute atomic E-state index is 0.0989. The summed E-state index contributed by atoms with van der Waals surface area (Å²) in [5.74, 6) is -0.129. The zero-order valence-corrected chi connectivity index (χ0v) is 28.5. The van der Waals surface area contributed by atoms with Gasteiger partial charge in [0.15, 0.2) is 0 Å². The average molecular weight is 685 g/mol. The first-order valence-corrected chi connectivity index (χ1v) is 16.7. The van der Waals surface area contributed by atoms with Crippen LogP contribution in [0.25, 0.3) is 0 Å². The molecule has 0 spiro atoms. The number of rotatable bonds is 8. The van der Waals surface area contributed by atoms with Crippen LogP contribution in [-0.4, -0.2) is 78.4 Å². The molecule has 0 aliphatic carbocycles. The monoisotopic (exact) mass is 684 g/mol. The zero-order valence-electron chi connectivity index (χ0n) is 28.5. The van der Waals surface area contributed by atoms with Gasteiger partial charge in [-0.15, -0.1) is 0 Å². The van der Waals surface area contributed by atoms with E-state index in [0.717, 1.165) is 50.1 Å². The van der Waals surface area contributed by atoms with Crippen molar-refractivity contribution in [3.8, 4) is 5.75 Å². The minimum atomic E-state index is -4.49. The number of aliphatic hydroxyl groups excluding tert-OH is 1. The average Bonchev–Trinajstić information content (AvgIpc) is 3.06. The summed E-state index contributed by atoms with van der Waals surface area (Å²) in [5.41, 5.74) is 1.02. The van der Waals surface area contributed by atoms with Gasteiger partial charge in [0.05, 0.1) is 36.0 Å². The van der Waals surface area contributed by atoms with Crippen molar-refractivity contribution in [2.45, 2.75) is 71.0 Å². The Morgan fingerprint density at radius 1 is 1.02 bits per heavy atom. The highest BCUT2D eigenvalue weighted by Gasteiger charge is 2.31. The van der Waals surface area contributed by atoms with Crippen LogP contribution in [0.1, 0.15) is 61.5 Å². The van der Waals surface area contributed by atoms with E-state index in [2.05, 4.69) is 27.7 Å². The van der Waals surface area contributed by atoms with Crippen LogP contribution in [0.5, 0.6) is 5.75 Å². The first-order chi connectivity index (χ1) is 23.3. The molecule has 3 aromatic rings. The summed E-state index contributed by atoms with van der Waals surface area (Å²) < 4.78 is 51.5. The summed E-state index contributed by atoms with van der Waals surface area (Å²) >= 11 is 0. The molecule has 0 radical (unpaired) electrons. The fraction of sp³-hybridized carbons (Fsp3) is 0.459. The normalized spacial score (nSPS) is 20.1. The number of alkyl halides is 3. The number of carbonyl (C=O) groups is 2. The lowest BCUT2D eigenvalue weighted by molar-refractivity contribution is -0.137. The third kappa shape index (κ3) is 11.2. The summed E-state index contributed by atoms with van der Waals surface area (Å²) in [6.07, 6.45) is -2.45. The van der Waals surface area contributed by atoms with Gasteiger partial charge in [-0.3, -0.25) is 9.69 Å². The molecular weight excluding hydrogens is 637 g/mol. The van der Waals surface area contributed by atoms with Gasteiger partial charge in [-0.25, -0.2) is 4.79 Å². The topological polar surface area (TPSA) is 103 Å². The Bertz CT molecular complexity index is 1510. The first-order valence-electron chi connectivity index (χ1n) is 16.7. The molecule has 9 nitrogen and oxygen atoms in total. The lowest BCUT2D eigenvalue weighted by Crippen LogP contribution is -2.47. The highest BCUT2D eigenvalue weighted by molar-refractivity contribution is 6.02. The minimum Gasteiger partial charge on any atom is -0.490 e. The van der Waals surface area contributed by atoms with E-state index >= 15 is 0 Å². The van der Waals surface area contributed by atoms with Gasteiger partial charge < -0.3 is 30.1 Å². The number of nitrogens with zero attached hydrogens (tertiary/aromatic N) is 2. The number of hydrogen-bond acceptors (Lipinski definition) is 6. The van der Waals surface area contributed by atoms with Gasteiger partial charge in [-0.1, -0.05) is 37.3 Å². The van der Waals surface area contributed by atoms with Gasteiger partial charge in [0.25, 0.3) is 5.91 Å². The van der Waals surface area contributed by atoms with E-state index in [1.807, 2.05) is 39.1 Å². The van der Waals surface area contributed by atoms with Crippen LogP contribution in [0.3, 0.4) is 0 Å². The number of benzene rings is 3. The number of likely N-dealkylation sites (N-methyl/N-ethyl adjacent to an activating group) is 1. The lowest BCUT2D eigenvalue weighted by Gasteiger charge is -2.36. The second-order valence-corrected chi connectivity index (χ2v) is 12.8. The Hall–Kier alpha value is -4.13.